The van der Waals surface area contributed by atoms with Crippen LogP contribution in [0, 0.1) is 0 Å². The summed E-state index contributed by atoms with van der Waals surface area (Å²) in [5.41, 5.74) is 1.60. The first-order valence-electron chi connectivity index (χ1n) is 7.49. The Hall–Kier alpha value is -2.44. The van der Waals surface area contributed by atoms with Gasteiger partial charge in [-0.25, -0.2) is 4.79 Å². The molecule has 3 amide bonds. The third-order valence-electron chi connectivity index (χ3n) is 3.72. The highest BCUT2D eigenvalue weighted by Gasteiger charge is 2.18. The summed E-state index contributed by atoms with van der Waals surface area (Å²) in [5.74, 6) is 0.199. The number of halogens is 2. The van der Waals surface area contributed by atoms with Gasteiger partial charge in [-0.3, -0.25) is 10.1 Å². The molecule has 1 aliphatic heterocycles. The number of urea groups is 1. The third kappa shape index (κ3) is 3.97. The Morgan fingerprint density at radius 3 is 2.68 bits per heavy atom. The van der Waals surface area contributed by atoms with Crippen molar-refractivity contribution in [1.29, 1.82) is 0 Å². The Kier molecular flexibility index (Phi) is 5.01. The number of hydrogen-bond donors (Lipinski definition) is 2. The summed E-state index contributed by atoms with van der Waals surface area (Å²) in [6, 6.07) is 9.00. The first-order valence-corrected chi connectivity index (χ1v) is 8.25. The molecule has 2 aromatic rings. The van der Waals surface area contributed by atoms with Crippen LogP contribution in [0.25, 0.3) is 0 Å². The van der Waals surface area contributed by atoms with Gasteiger partial charge in [0.05, 0.1) is 22.3 Å². The predicted octanol–water partition coefficient (Wildman–Crippen LogP) is 3.78. The van der Waals surface area contributed by atoms with Crippen LogP contribution in [-0.2, 0) is 0 Å². The molecular weight excluding hydrogens is 365 g/mol. The molecule has 0 spiro atoms. The molecule has 2 aromatic carbocycles. The molecule has 0 saturated heterocycles. The number of nitrogens with one attached hydrogen (secondary N) is 2. The van der Waals surface area contributed by atoms with Crippen LogP contribution in [0.4, 0.5) is 16.2 Å². The van der Waals surface area contributed by atoms with Gasteiger partial charge in [-0.15, -0.1) is 0 Å². The number of amides is 3. The van der Waals surface area contributed by atoms with Gasteiger partial charge in [0.15, 0.2) is 0 Å². The summed E-state index contributed by atoms with van der Waals surface area (Å²) >= 11 is 11.7. The van der Waals surface area contributed by atoms with Crippen LogP contribution >= 0.6 is 23.2 Å². The maximum Gasteiger partial charge on any atom is 0.326 e. The van der Waals surface area contributed by atoms with E-state index >= 15 is 0 Å². The van der Waals surface area contributed by atoms with Crippen LogP contribution in [0.15, 0.2) is 36.4 Å². The minimum atomic E-state index is -0.661. The number of likely N-dealkylation sites (N-methyl/N-ethyl adjacent to an activating group) is 1. The predicted molar refractivity (Wildman–Crippen MR) is 98.2 cm³/mol. The molecule has 8 heteroatoms. The molecule has 1 aliphatic rings. The van der Waals surface area contributed by atoms with Crippen molar-refractivity contribution >= 4 is 46.5 Å². The molecule has 0 radical (unpaired) electrons. The second-order valence-electron chi connectivity index (χ2n) is 5.49. The molecule has 130 valence electrons. The lowest BCUT2D eigenvalue weighted by molar-refractivity contribution is 0.0967. The van der Waals surface area contributed by atoms with E-state index < -0.39 is 11.9 Å². The maximum absolute atomic E-state index is 12.3. The SMILES string of the molecule is CN1CCOc2ccc(C(=O)NC(=O)Nc3ccc(Cl)c(Cl)c3)cc21. The van der Waals surface area contributed by atoms with Crippen molar-refractivity contribution in [2.75, 3.05) is 30.4 Å². The van der Waals surface area contributed by atoms with Gasteiger partial charge < -0.3 is 15.0 Å². The van der Waals surface area contributed by atoms with E-state index in [1.807, 2.05) is 11.9 Å². The average molecular weight is 380 g/mol. The number of carbonyl (C=O) groups is 2. The normalized spacial score (nSPS) is 12.8. The van der Waals surface area contributed by atoms with Crippen molar-refractivity contribution in [3.05, 3.63) is 52.0 Å². The molecule has 0 atom stereocenters. The molecule has 1 heterocycles. The highest BCUT2D eigenvalue weighted by atomic mass is 35.5. The summed E-state index contributed by atoms with van der Waals surface area (Å²) in [6.07, 6.45) is 0. The first kappa shape index (κ1) is 17.4. The van der Waals surface area contributed by atoms with Crippen LogP contribution < -0.4 is 20.3 Å². The van der Waals surface area contributed by atoms with Gasteiger partial charge in [0.1, 0.15) is 12.4 Å². The molecule has 0 aliphatic carbocycles. The van der Waals surface area contributed by atoms with Crippen LogP contribution in [0.3, 0.4) is 0 Å². The van der Waals surface area contributed by atoms with Gasteiger partial charge in [-0.1, -0.05) is 23.2 Å². The lowest BCUT2D eigenvalue weighted by Gasteiger charge is -2.27. The number of anilines is 2. The third-order valence-corrected chi connectivity index (χ3v) is 4.46. The van der Waals surface area contributed by atoms with Crippen molar-refractivity contribution in [2.24, 2.45) is 0 Å². The van der Waals surface area contributed by atoms with E-state index in [-0.39, 0.29) is 0 Å². The zero-order chi connectivity index (χ0) is 18.0. The summed E-state index contributed by atoms with van der Waals surface area (Å²) in [5, 5.41) is 5.50. The smallest absolute Gasteiger partial charge is 0.326 e. The Labute approximate surface area is 154 Å². The number of hydrogen-bond acceptors (Lipinski definition) is 4. The molecule has 25 heavy (non-hydrogen) atoms. The highest BCUT2D eigenvalue weighted by molar-refractivity contribution is 6.42. The molecule has 3 rings (SSSR count). The zero-order valence-corrected chi connectivity index (χ0v) is 14.8. The minimum Gasteiger partial charge on any atom is -0.490 e. The van der Waals surface area contributed by atoms with Gasteiger partial charge in [-0.05, 0) is 36.4 Å². The number of ether oxygens (including phenoxy) is 1. The molecule has 0 fully saturated rings. The average Bonchev–Trinajstić information content (AvgIpc) is 2.58. The monoisotopic (exact) mass is 379 g/mol. The van der Waals surface area contributed by atoms with E-state index in [0.717, 1.165) is 12.2 Å². The van der Waals surface area contributed by atoms with Gasteiger partial charge in [0.2, 0.25) is 0 Å². The molecular formula is C17H15Cl2N3O3. The molecule has 6 nitrogen and oxygen atoms in total. The second-order valence-corrected chi connectivity index (χ2v) is 6.30. The topological polar surface area (TPSA) is 70.7 Å². The van der Waals surface area contributed by atoms with Crippen molar-refractivity contribution in [2.45, 2.75) is 0 Å². The highest BCUT2D eigenvalue weighted by Crippen LogP contribution is 2.31. The number of imide groups is 1. The molecule has 0 saturated carbocycles. The minimum absolute atomic E-state index is 0.309. The molecule has 0 bridgehead atoms. The quantitative estimate of drug-likeness (QED) is 0.832. The van der Waals surface area contributed by atoms with Crippen LogP contribution in [0.5, 0.6) is 5.75 Å². The van der Waals surface area contributed by atoms with Crippen LogP contribution in [-0.4, -0.2) is 32.1 Å². The Bertz CT molecular complexity index is 842. The van der Waals surface area contributed by atoms with Crippen LogP contribution in [0.1, 0.15) is 10.4 Å². The number of rotatable bonds is 2. The van der Waals surface area contributed by atoms with E-state index in [1.165, 1.54) is 6.07 Å². The zero-order valence-electron chi connectivity index (χ0n) is 13.3. The summed E-state index contributed by atoms with van der Waals surface area (Å²) in [6.45, 7) is 1.33. The Morgan fingerprint density at radius 1 is 1.12 bits per heavy atom. The van der Waals surface area contributed by atoms with Gasteiger partial charge in [-0.2, -0.15) is 0 Å². The summed E-state index contributed by atoms with van der Waals surface area (Å²) in [7, 11) is 1.92. The number of benzene rings is 2. The lowest BCUT2D eigenvalue weighted by atomic mass is 10.1. The van der Waals surface area contributed by atoms with E-state index in [2.05, 4.69) is 10.6 Å². The van der Waals surface area contributed by atoms with Gasteiger partial charge >= 0.3 is 6.03 Å². The number of fused-ring (bicyclic) bond motifs is 1. The van der Waals surface area contributed by atoms with Crippen LogP contribution in [0.2, 0.25) is 10.0 Å². The Balaban J connectivity index is 1.68. The van der Waals surface area contributed by atoms with Crippen molar-refractivity contribution in [3.63, 3.8) is 0 Å². The fourth-order valence-electron chi connectivity index (χ4n) is 2.40. The summed E-state index contributed by atoms with van der Waals surface area (Å²) < 4.78 is 5.53. The second kappa shape index (κ2) is 7.21. The van der Waals surface area contributed by atoms with Crippen molar-refractivity contribution < 1.29 is 14.3 Å². The van der Waals surface area contributed by atoms with Gasteiger partial charge in [0, 0.05) is 18.3 Å². The van der Waals surface area contributed by atoms with E-state index in [9.17, 15) is 9.59 Å². The Morgan fingerprint density at radius 2 is 1.92 bits per heavy atom. The van der Waals surface area contributed by atoms with Crippen molar-refractivity contribution in [3.8, 4) is 5.75 Å². The fraction of sp³-hybridized carbons (Fsp3) is 0.176. The molecule has 0 unspecified atom stereocenters. The van der Waals surface area contributed by atoms with E-state index in [1.54, 1.807) is 30.3 Å². The van der Waals surface area contributed by atoms with Crippen molar-refractivity contribution in [1.82, 2.24) is 5.32 Å². The lowest BCUT2D eigenvalue weighted by Crippen LogP contribution is -2.35. The standard InChI is InChI=1S/C17H15Cl2N3O3/c1-22-6-7-25-15-5-2-10(8-14(15)22)16(23)21-17(24)20-11-3-4-12(18)13(19)9-11/h2-5,8-9H,6-7H2,1H3,(H2,20,21,23,24). The fourth-order valence-corrected chi connectivity index (χ4v) is 2.70. The molecule has 0 aromatic heterocycles. The first-order chi connectivity index (χ1) is 11.9. The number of carbonyl (C=O) groups excluding carboxylic acids is 2. The maximum atomic E-state index is 12.3. The van der Waals surface area contributed by atoms with Gasteiger partial charge in [0.25, 0.3) is 5.91 Å². The summed E-state index contributed by atoms with van der Waals surface area (Å²) in [4.78, 5) is 26.3. The molecule has 2 N–H and O–H groups in total. The van der Waals surface area contributed by atoms with E-state index in [0.29, 0.717) is 33.7 Å². The van der Waals surface area contributed by atoms with E-state index in [4.69, 9.17) is 27.9 Å². The number of nitrogens with zero attached hydrogens (tertiary/aromatic N) is 1. The largest absolute Gasteiger partial charge is 0.490 e.